The van der Waals surface area contributed by atoms with Crippen molar-refractivity contribution in [1.29, 1.82) is 0 Å². The lowest BCUT2D eigenvalue weighted by Gasteiger charge is -2.10. The Morgan fingerprint density at radius 2 is 2.15 bits per heavy atom. The number of aryl methyl sites for hydroxylation is 2. The van der Waals surface area contributed by atoms with Crippen LogP contribution in [0.2, 0.25) is 0 Å². The second-order valence-electron chi connectivity index (χ2n) is 5.20. The second kappa shape index (κ2) is 5.13. The van der Waals surface area contributed by atoms with Crippen LogP contribution in [0.25, 0.3) is 11.0 Å². The summed E-state index contributed by atoms with van der Waals surface area (Å²) in [4.78, 5) is 0. The molecule has 0 fully saturated rings. The number of nitrogens with zero attached hydrogens (tertiary/aromatic N) is 2. The SMILES string of the molecule is Cc1nn(C)cc1CNC(C)c1cc2ccccc2o1. The Bertz CT molecular complexity index is 693. The van der Waals surface area contributed by atoms with Gasteiger partial charge in [0, 0.05) is 30.7 Å². The van der Waals surface area contributed by atoms with Crippen molar-refractivity contribution >= 4 is 11.0 Å². The second-order valence-corrected chi connectivity index (χ2v) is 5.20. The van der Waals surface area contributed by atoms with Crippen LogP contribution in [-0.4, -0.2) is 9.78 Å². The predicted molar refractivity (Wildman–Crippen MR) is 79.4 cm³/mol. The van der Waals surface area contributed by atoms with Gasteiger partial charge in [0.25, 0.3) is 0 Å². The monoisotopic (exact) mass is 269 g/mol. The summed E-state index contributed by atoms with van der Waals surface area (Å²) in [7, 11) is 1.94. The van der Waals surface area contributed by atoms with E-state index in [0.717, 1.165) is 29.0 Å². The normalized spacial score (nSPS) is 12.9. The molecule has 0 aliphatic rings. The fourth-order valence-electron chi connectivity index (χ4n) is 2.40. The average Bonchev–Trinajstić information content (AvgIpc) is 2.99. The summed E-state index contributed by atoms with van der Waals surface area (Å²) in [6.07, 6.45) is 2.05. The van der Waals surface area contributed by atoms with Gasteiger partial charge in [-0.25, -0.2) is 0 Å². The standard InChI is InChI=1S/C16H19N3O/c1-11-14(10-19(3)18-11)9-17-12(2)16-8-13-6-4-5-7-15(13)20-16/h4-8,10,12,17H,9H2,1-3H3. The van der Waals surface area contributed by atoms with Gasteiger partial charge in [0.15, 0.2) is 0 Å². The van der Waals surface area contributed by atoms with E-state index in [1.54, 1.807) is 0 Å². The molecule has 1 atom stereocenters. The maximum Gasteiger partial charge on any atom is 0.134 e. The Morgan fingerprint density at radius 3 is 2.85 bits per heavy atom. The summed E-state index contributed by atoms with van der Waals surface area (Å²) < 4.78 is 7.72. The van der Waals surface area contributed by atoms with Gasteiger partial charge >= 0.3 is 0 Å². The van der Waals surface area contributed by atoms with E-state index in [0.29, 0.717) is 0 Å². The highest BCUT2D eigenvalue weighted by atomic mass is 16.3. The van der Waals surface area contributed by atoms with E-state index in [4.69, 9.17) is 4.42 Å². The van der Waals surface area contributed by atoms with Gasteiger partial charge in [-0.2, -0.15) is 5.10 Å². The summed E-state index contributed by atoms with van der Waals surface area (Å²) >= 11 is 0. The molecule has 4 nitrogen and oxygen atoms in total. The van der Waals surface area contributed by atoms with Crippen LogP contribution in [-0.2, 0) is 13.6 Å². The predicted octanol–water partition coefficient (Wildman–Crippen LogP) is 3.33. The summed E-state index contributed by atoms with van der Waals surface area (Å²) in [6.45, 7) is 4.93. The highest BCUT2D eigenvalue weighted by molar-refractivity contribution is 5.77. The third kappa shape index (κ3) is 2.47. The zero-order chi connectivity index (χ0) is 14.1. The van der Waals surface area contributed by atoms with E-state index < -0.39 is 0 Å². The van der Waals surface area contributed by atoms with Crippen LogP contribution < -0.4 is 5.32 Å². The summed E-state index contributed by atoms with van der Waals surface area (Å²) in [6, 6.07) is 10.4. The van der Waals surface area contributed by atoms with Crippen LogP contribution in [0.1, 0.15) is 30.0 Å². The van der Waals surface area contributed by atoms with Crippen LogP contribution in [0, 0.1) is 6.92 Å². The molecule has 0 bridgehead atoms. The van der Waals surface area contributed by atoms with E-state index in [-0.39, 0.29) is 6.04 Å². The first-order valence-corrected chi connectivity index (χ1v) is 6.84. The number of para-hydroxylation sites is 1. The largest absolute Gasteiger partial charge is 0.459 e. The molecule has 20 heavy (non-hydrogen) atoms. The summed E-state index contributed by atoms with van der Waals surface area (Å²) in [5, 5.41) is 8.98. The molecule has 1 aromatic carbocycles. The average molecular weight is 269 g/mol. The van der Waals surface area contributed by atoms with Crippen LogP contribution in [0.5, 0.6) is 0 Å². The fraction of sp³-hybridized carbons (Fsp3) is 0.312. The minimum atomic E-state index is 0.169. The first-order valence-electron chi connectivity index (χ1n) is 6.84. The molecular formula is C16H19N3O. The third-order valence-corrected chi connectivity index (χ3v) is 3.59. The van der Waals surface area contributed by atoms with Gasteiger partial charge in [-0.1, -0.05) is 18.2 Å². The molecule has 2 aromatic heterocycles. The summed E-state index contributed by atoms with van der Waals surface area (Å²) in [5.41, 5.74) is 3.22. The zero-order valence-electron chi connectivity index (χ0n) is 12.1. The lowest BCUT2D eigenvalue weighted by molar-refractivity contribution is 0.450. The smallest absolute Gasteiger partial charge is 0.134 e. The molecule has 0 spiro atoms. The van der Waals surface area contributed by atoms with Gasteiger partial charge in [-0.3, -0.25) is 4.68 Å². The van der Waals surface area contributed by atoms with Gasteiger partial charge in [0.05, 0.1) is 11.7 Å². The minimum Gasteiger partial charge on any atom is -0.459 e. The van der Waals surface area contributed by atoms with E-state index in [1.807, 2.05) is 43.0 Å². The maximum absolute atomic E-state index is 5.87. The molecule has 1 N–H and O–H groups in total. The Hall–Kier alpha value is -2.07. The van der Waals surface area contributed by atoms with Crippen LogP contribution in [0.15, 0.2) is 40.9 Å². The van der Waals surface area contributed by atoms with Crippen molar-refractivity contribution in [3.8, 4) is 0 Å². The van der Waals surface area contributed by atoms with Gasteiger partial charge in [-0.05, 0) is 26.0 Å². The molecule has 2 heterocycles. The van der Waals surface area contributed by atoms with E-state index in [2.05, 4.69) is 29.5 Å². The fourth-order valence-corrected chi connectivity index (χ4v) is 2.40. The Labute approximate surface area is 118 Å². The molecule has 0 saturated carbocycles. The molecule has 3 rings (SSSR count). The minimum absolute atomic E-state index is 0.169. The van der Waals surface area contributed by atoms with Crippen LogP contribution in [0.4, 0.5) is 0 Å². The van der Waals surface area contributed by atoms with Crippen LogP contribution in [0.3, 0.4) is 0 Å². The van der Waals surface area contributed by atoms with Gasteiger partial charge in [0.2, 0.25) is 0 Å². The third-order valence-electron chi connectivity index (χ3n) is 3.59. The van der Waals surface area contributed by atoms with Gasteiger partial charge in [-0.15, -0.1) is 0 Å². The van der Waals surface area contributed by atoms with Crippen molar-refractivity contribution in [3.05, 3.63) is 53.5 Å². The molecule has 0 aliphatic heterocycles. The Kier molecular flexibility index (Phi) is 3.32. The lowest BCUT2D eigenvalue weighted by atomic mass is 10.2. The molecular weight excluding hydrogens is 250 g/mol. The number of fused-ring (bicyclic) bond motifs is 1. The number of furan rings is 1. The molecule has 0 radical (unpaired) electrons. The zero-order valence-corrected chi connectivity index (χ0v) is 12.1. The van der Waals surface area contributed by atoms with Crippen molar-refractivity contribution < 1.29 is 4.42 Å². The number of rotatable bonds is 4. The van der Waals surface area contributed by atoms with Crippen LogP contribution >= 0.6 is 0 Å². The number of hydrogen-bond donors (Lipinski definition) is 1. The van der Waals surface area contributed by atoms with Gasteiger partial charge < -0.3 is 9.73 Å². The molecule has 3 aromatic rings. The summed E-state index contributed by atoms with van der Waals surface area (Å²) in [5.74, 6) is 0.966. The van der Waals surface area contributed by atoms with Crippen molar-refractivity contribution in [2.75, 3.05) is 0 Å². The lowest BCUT2D eigenvalue weighted by Crippen LogP contribution is -2.17. The highest BCUT2D eigenvalue weighted by Gasteiger charge is 2.12. The Morgan fingerprint density at radius 1 is 1.35 bits per heavy atom. The molecule has 1 unspecified atom stereocenters. The first-order chi connectivity index (χ1) is 9.63. The number of nitrogens with one attached hydrogen (secondary N) is 1. The van der Waals surface area contributed by atoms with E-state index in [9.17, 15) is 0 Å². The molecule has 4 heteroatoms. The number of hydrogen-bond acceptors (Lipinski definition) is 3. The van der Waals surface area contributed by atoms with Crippen molar-refractivity contribution in [3.63, 3.8) is 0 Å². The highest BCUT2D eigenvalue weighted by Crippen LogP contribution is 2.23. The number of aromatic nitrogens is 2. The molecule has 0 aliphatic carbocycles. The van der Waals surface area contributed by atoms with Crippen molar-refractivity contribution in [2.45, 2.75) is 26.4 Å². The first kappa shape index (κ1) is 12.9. The molecule has 104 valence electrons. The van der Waals surface area contributed by atoms with E-state index in [1.165, 1.54) is 5.56 Å². The topological polar surface area (TPSA) is 43.0 Å². The number of benzene rings is 1. The molecule has 0 saturated heterocycles. The molecule has 0 amide bonds. The quantitative estimate of drug-likeness (QED) is 0.790. The van der Waals surface area contributed by atoms with Crippen molar-refractivity contribution in [1.82, 2.24) is 15.1 Å². The van der Waals surface area contributed by atoms with Gasteiger partial charge in [0.1, 0.15) is 11.3 Å². The van der Waals surface area contributed by atoms with Crippen molar-refractivity contribution in [2.24, 2.45) is 7.05 Å². The maximum atomic E-state index is 5.87. The van der Waals surface area contributed by atoms with E-state index >= 15 is 0 Å². The Balaban J connectivity index is 1.72.